The Labute approximate surface area is 290 Å². The predicted octanol–water partition coefficient (Wildman–Crippen LogP) is 11.6. The molecule has 4 nitrogen and oxygen atoms in total. The normalized spacial score (nSPS) is 11.2. The van der Waals surface area contributed by atoms with Gasteiger partial charge in [0, 0.05) is 40.2 Å². The SMILES string of the molecule is c1ccc(-c2cc(-c3cc(-c4ccccn4)cc(-c4ccccn4)c3)nc(-c3ccc(-c4cc5ccccc5c5ccccc45)cc3)n2)cc1. The Kier molecular flexibility index (Phi) is 7.45. The van der Waals surface area contributed by atoms with Crippen LogP contribution in [0.5, 0.6) is 0 Å². The summed E-state index contributed by atoms with van der Waals surface area (Å²) in [6, 6.07) is 59.0. The smallest absolute Gasteiger partial charge is 0.160 e. The molecule has 9 aromatic rings. The van der Waals surface area contributed by atoms with E-state index in [1.54, 1.807) is 0 Å². The molecule has 0 radical (unpaired) electrons. The number of nitrogens with zero attached hydrogens (tertiary/aromatic N) is 4. The van der Waals surface area contributed by atoms with Crippen molar-refractivity contribution in [3.63, 3.8) is 0 Å². The molecule has 3 heterocycles. The van der Waals surface area contributed by atoms with Crippen molar-refractivity contribution >= 4 is 21.5 Å². The van der Waals surface area contributed by atoms with Crippen LogP contribution in [0.25, 0.3) is 89.1 Å². The Morgan fingerprint density at radius 2 is 0.820 bits per heavy atom. The lowest BCUT2D eigenvalue weighted by Crippen LogP contribution is -1.97. The van der Waals surface area contributed by atoms with Gasteiger partial charge in [0.2, 0.25) is 0 Å². The van der Waals surface area contributed by atoms with E-state index < -0.39 is 0 Å². The second-order valence-corrected chi connectivity index (χ2v) is 12.3. The van der Waals surface area contributed by atoms with Crippen molar-refractivity contribution in [1.82, 2.24) is 19.9 Å². The third-order valence-electron chi connectivity index (χ3n) is 9.17. The molecule has 4 heteroatoms. The molecule has 0 aliphatic heterocycles. The molecular formula is C46H30N4. The van der Waals surface area contributed by atoms with Crippen LogP contribution >= 0.6 is 0 Å². The maximum absolute atomic E-state index is 5.21. The van der Waals surface area contributed by atoms with Crippen LogP contribution < -0.4 is 0 Å². The molecule has 0 amide bonds. The van der Waals surface area contributed by atoms with Crippen LogP contribution in [-0.4, -0.2) is 19.9 Å². The van der Waals surface area contributed by atoms with Crippen LogP contribution in [-0.2, 0) is 0 Å². The second-order valence-electron chi connectivity index (χ2n) is 12.3. The Morgan fingerprint density at radius 3 is 1.46 bits per heavy atom. The maximum Gasteiger partial charge on any atom is 0.160 e. The number of fused-ring (bicyclic) bond motifs is 3. The van der Waals surface area contributed by atoms with Gasteiger partial charge < -0.3 is 0 Å². The zero-order valence-electron chi connectivity index (χ0n) is 27.1. The van der Waals surface area contributed by atoms with E-state index in [0.29, 0.717) is 5.82 Å². The van der Waals surface area contributed by atoms with Gasteiger partial charge in [-0.2, -0.15) is 0 Å². The molecule has 0 unspecified atom stereocenters. The maximum atomic E-state index is 5.21. The first kappa shape index (κ1) is 29.4. The highest BCUT2D eigenvalue weighted by atomic mass is 14.9. The summed E-state index contributed by atoms with van der Waals surface area (Å²) >= 11 is 0. The second kappa shape index (κ2) is 12.7. The summed E-state index contributed by atoms with van der Waals surface area (Å²) in [5, 5.41) is 4.98. The van der Waals surface area contributed by atoms with Crippen molar-refractivity contribution in [2.24, 2.45) is 0 Å². The fourth-order valence-corrected chi connectivity index (χ4v) is 6.71. The Balaban J connectivity index is 1.19. The summed E-state index contributed by atoms with van der Waals surface area (Å²) < 4.78 is 0. The van der Waals surface area contributed by atoms with Gasteiger partial charge in [0.15, 0.2) is 5.82 Å². The number of hydrogen-bond acceptors (Lipinski definition) is 4. The van der Waals surface area contributed by atoms with Gasteiger partial charge >= 0.3 is 0 Å². The average molecular weight is 639 g/mol. The predicted molar refractivity (Wildman–Crippen MR) is 205 cm³/mol. The van der Waals surface area contributed by atoms with Crippen molar-refractivity contribution in [2.45, 2.75) is 0 Å². The van der Waals surface area contributed by atoms with Gasteiger partial charge in [-0.15, -0.1) is 0 Å². The van der Waals surface area contributed by atoms with E-state index in [4.69, 9.17) is 9.97 Å². The van der Waals surface area contributed by atoms with Gasteiger partial charge in [0.05, 0.1) is 22.8 Å². The lowest BCUT2D eigenvalue weighted by molar-refractivity contribution is 1.18. The number of benzene rings is 6. The van der Waals surface area contributed by atoms with Crippen LogP contribution in [0.2, 0.25) is 0 Å². The van der Waals surface area contributed by atoms with Crippen molar-refractivity contribution in [3.8, 4) is 67.5 Å². The van der Waals surface area contributed by atoms with Gasteiger partial charge in [0.1, 0.15) is 0 Å². The standard InChI is InChI=1S/C46H30N4/c1-2-12-32(13-3-1)44-30-45(37-27-35(42-18-8-10-24-47-42)26-36(28-37)43-19-9-11-25-48-43)50-46(49-44)33-22-20-31(21-23-33)41-29-34-14-4-5-15-38(34)39-16-6-7-17-40(39)41/h1-30H. The van der Waals surface area contributed by atoms with Gasteiger partial charge in [-0.25, -0.2) is 9.97 Å². The lowest BCUT2D eigenvalue weighted by atomic mass is 9.93. The minimum absolute atomic E-state index is 0.666. The van der Waals surface area contributed by atoms with Crippen LogP contribution in [0.1, 0.15) is 0 Å². The van der Waals surface area contributed by atoms with Crippen LogP contribution in [0.3, 0.4) is 0 Å². The molecule has 3 aromatic heterocycles. The molecule has 0 N–H and O–H groups in total. The first-order valence-electron chi connectivity index (χ1n) is 16.7. The molecule has 0 saturated carbocycles. The quantitative estimate of drug-likeness (QED) is 0.170. The van der Waals surface area contributed by atoms with Gasteiger partial charge in [-0.05, 0) is 87.3 Å². The summed E-state index contributed by atoms with van der Waals surface area (Å²) in [6.45, 7) is 0. The minimum atomic E-state index is 0.666. The first-order chi connectivity index (χ1) is 24.8. The fraction of sp³-hybridized carbons (Fsp3) is 0. The van der Waals surface area contributed by atoms with Crippen LogP contribution in [0, 0.1) is 0 Å². The van der Waals surface area contributed by atoms with Gasteiger partial charge in [-0.3, -0.25) is 9.97 Å². The largest absolute Gasteiger partial charge is 0.256 e. The van der Waals surface area contributed by atoms with E-state index in [1.165, 1.54) is 27.1 Å². The Hall–Kier alpha value is -6.78. The fourth-order valence-electron chi connectivity index (χ4n) is 6.71. The summed E-state index contributed by atoms with van der Waals surface area (Å²) in [7, 11) is 0. The summed E-state index contributed by atoms with van der Waals surface area (Å²) in [4.78, 5) is 19.7. The van der Waals surface area contributed by atoms with E-state index in [0.717, 1.165) is 56.2 Å². The summed E-state index contributed by atoms with van der Waals surface area (Å²) in [5.74, 6) is 0.666. The Bertz CT molecular complexity index is 2560. The molecule has 0 fully saturated rings. The van der Waals surface area contributed by atoms with Crippen LogP contribution in [0.15, 0.2) is 182 Å². The molecule has 9 rings (SSSR count). The third kappa shape index (κ3) is 5.59. The molecule has 0 saturated heterocycles. The van der Waals surface area contributed by atoms with E-state index in [1.807, 2.05) is 67.0 Å². The summed E-state index contributed by atoms with van der Waals surface area (Å²) in [6.07, 6.45) is 3.65. The molecule has 6 aromatic carbocycles. The van der Waals surface area contributed by atoms with Crippen LogP contribution in [0.4, 0.5) is 0 Å². The van der Waals surface area contributed by atoms with E-state index in [9.17, 15) is 0 Å². The molecule has 0 aliphatic rings. The molecular weight excluding hydrogens is 609 g/mol. The van der Waals surface area contributed by atoms with Crippen molar-refractivity contribution in [2.75, 3.05) is 0 Å². The van der Waals surface area contributed by atoms with Crippen molar-refractivity contribution in [3.05, 3.63) is 182 Å². The molecule has 0 spiro atoms. The van der Waals surface area contributed by atoms with Crippen molar-refractivity contribution in [1.29, 1.82) is 0 Å². The molecule has 0 aliphatic carbocycles. The van der Waals surface area contributed by atoms with E-state index in [2.05, 4.69) is 125 Å². The number of hydrogen-bond donors (Lipinski definition) is 0. The number of aromatic nitrogens is 4. The molecule has 0 bridgehead atoms. The summed E-state index contributed by atoms with van der Waals surface area (Å²) in [5.41, 5.74) is 10.8. The highest BCUT2D eigenvalue weighted by Crippen LogP contribution is 2.37. The zero-order valence-corrected chi connectivity index (χ0v) is 27.1. The van der Waals surface area contributed by atoms with E-state index >= 15 is 0 Å². The van der Waals surface area contributed by atoms with Gasteiger partial charge in [0.25, 0.3) is 0 Å². The minimum Gasteiger partial charge on any atom is -0.256 e. The molecule has 50 heavy (non-hydrogen) atoms. The van der Waals surface area contributed by atoms with E-state index in [-0.39, 0.29) is 0 Å². The lowest BCUT2D eigenvalue weighted by Gasteiger charge is -2.13. The Morgan fingerprint density at radius 1 is 0.300 bits per heavy atom. The van der Waals surface area contributed by atoms with Gasteiger partial charge in [-0.1, -0.05) is 115 Å². The molecule has 0 atom stereocenters. The first-order valence-corrected chi connectivity index (χ1v) is 16.7. The number of pyridine rings is 2. The number of rotatable bonds is 6. The highest BCUT2D eigenvalue weighted by molar-refractivity contribution is 6.13. The van der Waals surface area contributed by atoms with Crippen molar-refractivity contribution < 1.29 is 0 Å². The monoisotopic (exact) mass is 638 g/mol. The topological polar surface area (TPSA) is 51.6 Å². The molecule has 234 valence electrons. The zero-order chi connectivity index (χ0) is 33.3. The third-order valence-corrected chi connectivity index (χ3v) is 9.17. The average Bonchev–Trinajstić information content (AvgIpc) is 3.21. The highest BCUT2D eigenvalue weighted by Gasteiger charge is 2.15.